The van der Waals surface area contributed by atoms with Gasteiger partial charge in [-0.1, -0.05) is 0 Å². The van der Waals surface area contributed by atoms with Crippen LogP contribution in [0.15, 0.2) is 16.7 Å². The molecule has 1 aromatic heterocycles. The standard InChI is InChI=1S/C7H9N3O2S/c1-4-2-5(3-12-4)6(11)9-10-7(8)13/h2-3H,1H3,(H,9,11)(H3,8,10,13). The number of thiocarbonyl (C=S) groups is 1. The van der Waals surface area contributed by atoms with E-state index in [4.69, 9.17) is 10.2 Å². The largest absolute Gasteiger partial charge is 0.469 e. The topological polar surface area (TPSA) is 80.3 Å². The summed E-state index contributed by atoms with van der Waals surface area (Å²) in [5.74, 6) is 0.324. The third-order valence-electron chi connectivity index (χ3n) is 1.29. The number of aryl methyl sites for hydroxylation is 1. The molecule has 5 nitrogen and oxygen atoms in total. The van der Waals surface area contributed by atoms with Crippen molar-refractivity contribution in [1.29, 1.82) is 0 Å². The van der Waals surface area contributed by atoms with Crippen molar-refractivity contribution in [1.82, 2.24) is 10.9 Å². The Labute approximate surface area is 80.3 Å². The molecule has 0 bridgehead atoms. The maximum atomic E-state index is 11.2. The Morgan fingerprint density at radius 3 is 2.77 bits per heavy atom. The van der Waals surface area contributed by atoms with E-state index >= 15 is 0 Å². The van der Waals surface area contributed by atoms with Gasteiger partial charge >= 0.3 is 0 Å². The first-order valence-corrected chi connectivity index (χ1v) is 3.91. The maximum Gasteiger partial charge on any atom is 0.272 e. The summed E-state index contributed by atoms with van der Waals surface area (Å²) in [4.78, 5) is 11.2. The van der Waals surface area contributed by atoms with Gasteiger partial charge < -0.3 is 10.2 Å². The van der Waals surface area contributed by atoms with Gasteiger partial charge in [0.05, 0.1) is 5.56 Å². The highest BCUT2D eigenvalue weighted by molar-refractivity contribution is 7.80. The Hall–Kier alpha value is -1.56. The molecule has 13 heavy (non-hydrogen) atoms. The molecule has 0 unspecified atom stereocenters. The summed E-state index contributed by atoms with van der Waals surface area (Å²) in [5, 5.41) is 0.00793. The third-order valence-corrected chi connectivity index (χ3v) is 1.39. The van der Waals surface area contributed by atoms with E-state index in [1.165, 1.54) is 6.26 Å². The van der Waals surface area contributed by atoms with Crippen molar-refractivity contribution < 1.29 is 9.21 Å². The fraction of sp³-hybridized carbons (Fsp3) is 0.143. The quantitative estimate of drug-likeness (QED) is 0.440. The third kappa shape index (κ3) is 2.75. The Morgan fingerprint density at radius 2 is 2.31 bits per heavy atom. The lowest BCUT2D eigenvalue weighted by Gasteiger charge is -2.03. The van der Waals surface area contributed by atoms with Crippen LogP contribution in [-0.2, 0) is 0 Å². The van der Waals surface area contributed by atoms with E-state index in [-0.39, 0.29) is 11.0 Å². The zero-order chi connectivity index (χ0) is 9.84. The van der Waals surface area contributed by atoms with Crippen LogP contribution in [0, 0.1) is 6.92 Å². The summed E-state index contributed by atoms with van der Waals surface area (Å²) in [6.45, 7) is 1.75. The van der Waals surface area contributed by atoms with Gasteiger partial charge in [-0.2, -0.15) is 0 Å². The van der Waals surface area contributed by atoms with Gasteiger partial charge in [0.15, 0.2) is 5.11 Å². The average molecular weight is 199 g/mol. The van der Waals surface area contributed by atoms with Crippen LogP contribution in [0.2, 0.25) is 0 Å². The summed E-state index contributed by atoms with van der Waals surface area (Å²) in [5.41, 5.74) is 10.1. The molecule has 1 heterocycles. The molecule has 1 amide bonds. The molecule has 1 aromatic rings. The minimum absolute atomic E-state index is 0.00793. The van der Waals surface area contributed by atoms with Crippen LogP contribution in [0.4, 0.5) is 0 Å². The number of rotatable bonds is 1. The number of carbonyl (C=O) groups is 1. The van der Waals surface area contributed by atoms with Crippen LogP contribution in [0.1, 0.15) is 16.1 Å². The molecule has 0 atom stereocenters. The Kier molecular flexibility index (Phi) is 2.86. The van der Waals surface area contributed by atoms with E-state index in [2.05, 4.69) is 23.1 Å². The normalized spacial score (nSPS) is 9.31. The zero-order valence-electron chi connectivity index (χ0n) is 6.96. The SMILES string of the molecule is Cc1cc(C(=O)NNC(N)=S)co1. The fourth-order valence-electron chi connectivity index (χ4n) is 0.753. The van der Waals surface area contributed by atoms with Crippen molar-refractivity contribution in [2.75, 3.05) is 0 Å². The second kappa shape index (κ2) is 3.90. The van der Waals surface area contributed by atoms with Crippen molar-refractivity contribution in [2.24, 2.45) is 5.73 Å². The second-order valence-electron chi connectivity index (χ2n) is 2.39. The second-order valence-corrected chi connectivity index (χ2v) is 2.83. The first-order valence-electron chi connectivity index (χ1n) is 3.50. The van der Waals surface area contributed by atoms with Gasteiger partial charge in [-0.15, -0.1) is 0 Å². The Balaban J connectivity index is 2.54. The molecular formula is C7H9N3O2S. The van der Waals surface area contributed by atoms with Gasteiger partial charge in [0.1, 0.15) is 12.0 Å². The van der Waals surface area contributed by atoms with Gasteiger partial charge in [-0.3, -0.25) is 15.6 Å². The molecule has 0 aromatic carbocycles. The van der Waals surface area contributed by atoms with Crippen molar-refractivity contribution in [3.8, 4) is 0 Å². The molecule has 0 aliphatic heterocycles. The first kappa shape index (κ1) is 9.53. The molecular weight excluding hydrogens is 190 g/mol. The minimum atomic E-state index is -0.343. The molecule has 4 N–H and O–H groups in total. The molecule has 0 aliphatic rings. The number of nitrogens with one attached hydrogen (secondary N) is 2. The van der Waals surface area contributed by atoms with Crippen molar-refractivity contribution in [2.45, 2.75) is 6.92 Å². The number of hydrogen-bond acceptors (Lipinski definition) is 3. The molecule has 0 aliphatic carbocycles. The van der Waals surface area contributed by atoms with Gasteiger partial charge in [-0.25, -0.2) is 0 Å². The van der Waals surface area contributed by atoms with Crippen molar-refractivity contribution >= 4 is 23.2 Å². The highest BCUT2D eigenvalue weighted by Gasteiger charge is 2.07. The highest BCUT2D eigenvalue weighted by atomic mass is 32.1. The molecule has 0 saturated carbocycles. The van der Waals surface area contributed by atoms with Crippen LogP contribution >= 0.6 is 12.2 Å². The zero-order valence-corrected chi connectivity index (χ0v) is 7.77. The number of nitrogens with two attached hydrogens (primary N) is 1. The number of furan rings is 1. The molecule has 0 saturated heterocycles. The number of hydrazine groups is 1. The molecule has 6 heteroatoms. The lowest BCUT2D eigenvalue weighted by Crippen LogP contribution is -2.44. The average Bonchev–Trinajstić information content (AvgIpc) is 2.47. The van der Waals surface area contributed by atoms with E-state index in [0.29, 0.717) is 11.3 Å². The number of hydrogen-bond donors (Lipinski definition) is 3. The molecule has 0 fully saturated rings. The molecule has 70 valence electrons. The van der Waals surface area contributed by atoms with Crippen LogP contribution in [0.3, 0.4) is 0 Å². The Morgan fingerprint density at radius 1 is 1.62 bits per heavy atom. The van der Waals surface area contributed by atoms with Crippen molar-refractivity contribution in [3.63, 3.8) is 0 Å². The summed E-state index contributed by atoms with van der Waals surface area (Å²) in [6, 6.07) is 1.61. The van der Waals surface area contributed by atoms with E-state index in [1.807, 2.05) is 0 Å². The van der Waals surface area contributed by atoms with Gasteiger partial charge in [0.2, 0.25) is 0 Å². The van der Waals surface area contributed by atoms with Gasteiger partial charge in [0, 0.05) is 0 Å². The van der Waals surface area contributed by atoms with E-state index < -0.39 is 0 Å². The van der Waals surface area contributed by atoms with E-state index in [1.54, 1.807) is 13.0 Å². The van der Waals surface area contributed by atoms with Gasteiger partial charge in [0.25, 0.3) is 5.91 Å². The van der Waals surface area contributed by atoms with Crippen LogP contribution in [0.25, 0.3) is 0 Å². The smallest absolute Gasteiger partial charge is 0.272 e. The highest BCUT2D eigenvalue weighted by Crippen LogP contribution is 2.04. The van der Waals surface area contributed by atoms with Crippen LogP contribution in [-0.4, -0.2) is 11.0 Å². The fourth-order valence-corrected chi connectivity index (χ4v) is 0.804. The summed E-state index contributed by atoms with van der Waals surface area (Å²) in [7, 11) is 0. The molecule has 0 radical (unpaired) electrons. The predicted molar refractivity (Wildman–Crippen MR) is 50.8 cm³/mol. The monoisotopic (exact) mass is 199 g/mol. The van der Waals surface area contributed by atoms with Crippen LogP contribution < -0.4 is 16.6 Å². The van der Waals surface area contributed by atoms with E-state index in [9.17, 15) is 4.79 Å². The lowest BCUT2D eigenvalue weighted by molar-refractivity contribution is 0.0943. The maximum absolute atomic E-state index is 11.2. The molecule has 0 spiro atoms. The van der Waals surface area contributed by atoms with Crippen LogP contribution in [0.5, 0.6) is 0 Å². The van der Waals surface area contributed by atoms with E-state index in [0.717, 1.165) is 0 Å². The summed E-state index contributed by atoms with van der Waals surface area (Å²) in [6.07, 6.45) is 1.35. The first-order chi connectivity index (χ1) is 6.09. The minimum Gasteiger partial charge on any atom is -0.469 e. The number of amides is 1. The lowest BCUT2D eigenvalue weighted by atomic mass is 10.3. The van der Waals surface area contributed by atoms with Crippen molar-refractivity contribution in [3.05, 3.63) is 23.7 Å². The van der Waals surface area contributed by atoms with Gasteiger partial charge in [-0.05, 0) is 25.2 Å². The molecule has 1 rings (SSSR count). The predicted octanol–water partition coefficient (Wildman–Crippen LogP) is 0.0660. The summed E-state index contributed by atoms with van der Waals surface area (Å²) >= 11 is 4.50. The Bertz CT molecular complexity index is 334. The number of carbonyl (C=O) groups excluding carboxylic acids is 1. The summed E-state index contributed by atoms with van der Waals surface area (Å²) < 4.78 is 4.94.